The minimum Gasteiger partial charge on any atom is -0.355 e. The van der Waals surface area contributed by atoms with Crippen LogP contribution in [0.4, 0.5) is 0 Å². The minimum absolute atomic E-state index is 0.127. The molecule has 3 rings (SSSR count). The lowest BCUT2D eigenvalue weighted by atomic mass is 9.95. The van der Waals surface area contributed by atoms with Gasteiger partial charge in [-0.1, -0.05) is 6.07 Å². The van der Waals surface area contributed by atoms with Gasteiger partial charge in [0.1, 0.15) is 0 Å². The largest absolute Gasteiger partial charge is 0.355 e. The van der Waals surface area contributed by atoms with Crippen LogP contribution >= 0.6 is 11.3 Å². The van der Waals surface area contributed by atoms with Crippen LogP contribution in [0, 0.1) is 0 Å². The van der Waals surface area contributed by atoms with E-state index in [1.54, 1.807) is 17.5 Å². The van der Waals surface area contributed by atoms with E-state index in [0.29, 0.717) is 12.5 Å². The van der Waals surface area contributed by atoms with Gasteiger partial charge in [0.05, 0.1) is 6.54 Å². The lowest BCUT2D eigenvalue weighted by Gasteiger charge is -2.31. The van der Waals surface area contributed by atoms with Crippen molar-refractivity contribution in [3.63, 3.8) is 0 Å². The summed E-state index contributed by atoms with van der Waals surface area (Å²) in [5, 5.41) is 12.2. The summed E-state index contributed by atoms with van der Waals surface area (Å²) in [5.41, 5.74) is 1.18. The van der Waals surface area contributed by atoms with Gasteiger partial charge in [0.25, 0.3) is 0 Å². The van der Waals surface area contributed by atoms with Crippen molar-refractivity contribution in [1.82, 2.24) is 20.4 Å². The maximum absolute atomic E-state index is 12.1. The number of carbonyl (C=O) groups excluding carboxylic acids is 1. The van der Waals surface area contributed by atoms with E-state index in [1.807, 2.05) is 12.1 Å². The van der Waals surface area contributed by atoms with Gasteiger partial charge >= 0.3 is 0 Å². The van der Waals surface area contributed by atoms with Crippen LogP contribution in [0.5, 0.6) is 0 Å². The highest BCUT2D eigenvalue weighted by Crippen LogP contribution is 2.24. The van der Waals surface area contributed by atoms with Crippen LogP contribution in [-0.4, -0.2) is 47.2 Å². The fraction of sp³-hybridized carbons (Fsp3) is 0.500. The standard InChI is InChI=1S/C16H22N4OS/c21-16(17-7-5-14-4-2-10-22-14)12-20-9-1-3-13(11-20)15-6-8-18-19-15/h2,4,6,8,10,13H,1,3,5,7,9,11-12H2,(H,17,21)(H,18,19). The first-order valence-electron chi connectivity index (χ1n) is 7.82. The second-order valence-electron chi connectivity index (χ2n) is 5.77. The number of nitrogens with zero attached hydrogens (tertiary/aromatic N) is 2. The monoisotopic (exact) mass is 318 g/mol. The number of nitrogens with one attached hydrogen (secondary N) is 2. The van der Waals surface area contributed by atoms with E-state index >= 15 is 0 Å². The predicted molar refractivity (Wildman–Crippen MR) is 88.0 cm³/mol. The first-order chi connectivity index (χ1) is 10.8. The molecule has 0 aromatic carbocycles. The Bertz CT molecular complexity index is 567. The molecule has 1 atom stereocenters. The molecule has 0 bridgehead atoms. The summed E-state index contributed by atoms with van der Waals surface area (Å²) in [4.78, 5) is 15.6. The molecule has 118 valence electrons. The van der Waals surface area contributed by atoms with Crippen molar-refractivity contribution in [1.29, 1.82) is 0 Å². The first kappa shape index (κ1) is 15.2. The highest BCUT2D eigenvalue weighted by atomic mass is 32.1. The number of aromatic nitrogens is 2. The van der Waals surface area contributed by atoms with Crippen LogP contribution < -0.4 is 5.32 Å². The van der Waals surface area contributed by atoms with Crippen LogP contribution in [0.25, 0.3) is 0 Å². The van der Waals surface area contributed by atoms with Gasteiger partial charge in [0, 0.05) is 35.8 Å². The van der Waals surface area contributed by atoms with Gasteiger partial charge in [-0.2, -0.15) is 5.10 Å². The van der Waals surface area contributed by atoms with Gasteiger partial charge in [-0.25, -0.2) is 0 Å². The first-order valence-corrected chi connectivity index (χ1v) is 8.70. The number of rotatable bonds is 6. The second-order valence-corrected chi connectivity index (χ2v) is 6.80. The lowest BCUT2D eigenvalue weighted by molar-refractivity contribution is -0.122. The number of likely N-dealkylation sites (tertiary alicyclic amines) is 1. The Morgan fingerprint density at radius 2 is 2.45 bits per heavy atom. The Labute approximate surface area is 134 Å². The topological polar surface area (TPSA) is 61.0 Å². The molecule has 0 saturated carbocycles. The Hall–Kier alpha value is -1.66. The van der Waals surface area contributed by atoms with Crippen LogP contribution in [0.1, 0.15) is 29.3 Å². The smallest absolute Gasteiger partial charge is 0.234 e. The molecule has 1 unspecified atom stereocenters. The van der Waals surface area contributed by atoms with E-state index in [4.69, 9.17) is 0 Å². The van der Waals surface area contributed by atoms with Crippen molar-refractivity contribution in [2.75, 3.05) is 26.2 Å². The number of carbonyl (C=O) groups is 1. The summed E-state index contributed by atoms with van der Waals surface area (Å²) in [6.45, 7) is 3.15. The van der Waals surface area contributed by atoms with Crippen LogP contribution in [0.15, 0.2) is 29.8 Å². The molecule has 22 heavy (non-hydrogen) atoms. The van der Waals surface area contributed by atoms with Crippen LogP contribution in [0.3, 0.4) is 0 Å². The quantitative estimate of drug-likeness (QED) is 0.856. The molecular formula is C16H22N4OS. The zero-order valence-corrected chi connectivity index (χ0v) is 13.4. The van der Waals surface area contributed by atoms with Gasteiger partial charge < -0.3 is 5.32 Å². The molecule has 0 aliphatic carbocycles. The predicted octanol–water partition coefficient (Wildman–Crippen LogP) is 2.01. The summed E-state index contributed by atoms with van der Waals surface area (Å²) in [7, 11) is 0. The molecule has 2 aromatic heterocycles. The molecule has 5 nitrogen and oxygen atoms in total. The molecule has 6 heteroatoms. The van der Waals surface area contributed by atoms with Gasteiger partial charge in [-0.3, -0.25) is 14.8 Å². The minimum atomic E-state index is 0.127. The van der Waals surface area contributed by atoms with E-state index in [1.165, 1.54) is 17.0 Å². The molecule has 1 amide bonds. The molecule has 2 N–H and O–H groups in total. The van der Waals surface area contributed by atoms with E-state index < -0.39 is 0 Å². The molecule has 1 aliphatic rings. The fourth-order valence-electron chi connectivity index (χ4n) is 2.99. The van der Waals surface area contributed by atoms with Crippen molar-refractivity contribution < 1.29 is 4.79 Å². The van der Waals surface area contributed by atoms with Crippen molar-refractivity contribution in [3.8, 4) is 0 Å². The number of hydrogen-bond donors (Lipinski definition) is 2. The fourth-order valence-corrected chi connectivity index (χ4v) is 3.69. The zero-order chi connectivity index (χ0) is 15.2. The molecule has 0 spiro atoms. The third-order valence-electron chi connectivity index (χ3n) is 4.11. The van der Waals surface area contributed by atoms with Crippen molar-refractivity contribution in [2.45, 2.75) is 25.2 Å². The molecule has 1 aliphatic heterocycles. The van der Waals surface area contributed by atoms with Crippen molar-refractivity contribution >= 4 is 17.2 Å². The Kier molecular flexibility index (Phi) is 5.24. The number of piperidine rings is 1. The Morgan fingerprint density at radius 3 is 3.23 bits per heavy atom. The number of thiophene rings is 1. The average Bonchev–Trinajstić information content (AvgIpc) is 3.21. The lowest BCUT2D eigenvalue weighted by Crippen LogP contribution is -2.42. The maximum Gasteiger partial charge on any atom is 0.234 e. The third-order valence-corrected chi connectivity index (χ3v) is 5.04. The zero-order valence-electron chi connectivity index (χ0n) is 12.6. The summed E-state index contributed by atoms with van der Waals surface area (Å²) < 4.78 is 0. The van der Waals surface area contributed by atoms with E-state index in [2.05, 4.69) is 31.9 Å². The summed E-state index contributed by atoms with van der Waals surface area (Å²) >= 11 is 1.74. The summed E-state index contributed by atoms with van der Waals surface area (Å²) in [6.07, 6.45) is 5.01. The molecular weight excluding hydrogens is 296 g/mol. The number of aromatic amines is 1. The molecule has 0 radical (unpaired) electrons. The number of amides is 1. The normalized spacial score (nSPS) is 19.2. The van der Waals surface area contributed by atoms with Gasteiger partial charge in [0.15, 0.2) is 0 Å². The summed E-state index contributed by atoms with van der Waals surface area (Å²) in [5.74, 6) is 0.594. The Balaban J connectivity index is 1.41. The molecule has 2 aromatic rings. The van der Waals surface area contributed by atoms with E-state index in [0.717, 1.165) is 32.5 Å². The highest BCUT2D eigenvalue weighted by Gasteiger charge is 2.23. The van der Waals surface area contributed by atoms with Gasteiger partial charge in [-0.05, 0) is 43.3 Å². The van der Waals surface area contributed by atoms with Crippen LogP contribution in [-0.2, 0) is 11.2 Å². The second kappa shape index (κ2) is 7.56. The molecule has 1 fully saturated rings. The summed E-state index contributed by atoms with van der Waals surface area (Å²) in [6, 6.07) is 6.19. The molecule has 1 saturated heterocycles. The maximum atomic E-state index is 12.1. The van der Waals surface area contributed by atoms with Crippen LogP contribution in [0.2, 0.25) is 0 Å². The van der Waals surface area contributed by atoms with Crippen molar-refractivity contribution in [2.24, 2.45) is 0 Å². The third kappa shape index (κ3) is 4.18. The van der Waals surface area contributed by atoms with E-state index in [-0.39, 0.29) is 5.91 Å². The molecule has 3 heterocycles. The Morgan fingerprint density at radius 1 is 1.50 bits per heavy atom. The van der Waals surface area contributed by atoms with E-state index in [9.17, 15) is 4.79 Å². The van der Waals surface area contributed by atoms with Crippen molar-refractivity contribution in [3.05, 3.63) is 40.3 Å². The number of H-pyrrole nitrogens is 1. The highest BCUT2D eigenvalue weighted by molar-refractivity contribution is 7.09. The van der Waals surface area contributed by atoms with Gasteiger partial charge in [-0.15, -0.1) is 11.3 Å². The number of hydrogen-bond acceptors (Lipinski definition) is 4. The SMILES string of the molecule is O=C(CN1CCCC(c2ccn[nH]2)C1)NCCc1cccs1. The average molecular weight is 318 g/mol. The van der Waals surface area contributed by atoms with Gasteiger partial charge in [0.2, 0.25) is 5.91 Å².